The molecule has 1 aromatic rings. The molecular formula is C11H15F2N. The normalized spacial score (nSPS) is 12.9. The molecule has 14 heavy (non-hydrogen) atoms. The first-order chi connectivity index (χ1) is 6.63. The fourth-order valence-electron chi connectivity index (χ4n) is 1.09. The van der Waals surface area contributed by atoms with Gasteiger partial charge in [-0.2, -0.15) is 0 Å². The van der Waals surface area contributed by atoms with E-state index in [9.17, 15) is 8.78 Å². The largest absolute Gasteiger partial charge is 0.310 e. The molecule has 0 heterocycles. The first-order valence-electron chi connectivity index (χ1n) is 4.80. The van der Waals surface area contributed by atoms with Crippen LogP contribution in [0.25, 0.3) is 0 Å². The van der Waals surface area contributed by atoms with Crippen molar-refractivity contribution < 1.29 is 8.78 Å². The monoisotopic (exact) mass is 199 g/mol. The Balaban J connectivity index is 2.55. The molecule has 1 N–H and O–H groups in total. The molecule has 0 aliphatic rings. The van der Waals surface area contributed by atoms with Crippen LogP contribution >= 0.6 is 0 Å². The summed E-state index contributed by atoms with van der Waals surface area (Å²) in [7, 11) is 0. The Morgan fingerprint density at radius 3 is 2.57 bits per heavy atom. The Hall–Kier alpha value is -0.960. The van der Waals surface area contributed by atoms with E-state index in [2.05, 4.69) is 19.2 Å². The molecule has 1 atom stereocenters. The lowest BCUT2D eigenvalue weighted by Crippen LogP contribution is -2.24. The third-order valence-corrected chi connectivity index (χ3v) is 2.25. The zero-order valence-corrected chi connectivity index (χ0v) is 8.48. The van der Waals surface area contributed by atoms with Crippen LogP contribution in [0.2, 0.25) is 0 Å². The zero-order chi connectivity index (χ0) is 10.6. The lowest BCUT2D eigenvalue weighted by atomic mass is 10.2. The van der Waals surface area contributed by atoms with Crippen molar-refractivity contribution in [1.82, 2.24) is 5.32 Å². The van der Waals surface area contributed by atoms with Crippen LogP contribution in [0.15, 0.2) is 18.2 Å². The van der Waals surface area contributed by atoms with Gasteiger partial charge in [-0.05, 0) is 31.0 Å². The van der Waals surface area contributed by atoms with Crippen molar-refractivity contribution in [3.63, 3.8) is 0 Å². The van der Waals surface area contributed by atoms with E-state index in [1.165, 1.54) is 6.07 Å². The quantitative estimate of drug-likeness (QED) is 0.786. The summed E-state index contributed by atoms with van der Waals surface area (Å²) in [5, 5.41) is 3.21. The molecule has 1 unspecified atom stereocenters. The van der Waals surface area contributed by atoms with Crippen LogP contribution in [-0.4, -0.2) is 6.04 Å². The molecule has 0 aliphatic carbocycles. The molecule has 0 radical (unpaired) electrons. The molecule has 3 heteroatoms. The maximum atomic E-state index is 12.8. The molecule has 1 aromatic carbocycles. The smallest absolute Gasteiger partial charge is 0.159 e. The molecule has 0 saturated carbocycles. The van der Waals surface area contributed by atoms with Gasteiger partial charge < -0.3 is 5.32 Å². The van der Waals surface area contributed by atoms with Gasteiger partial charge in [0.25, 0.3) is 0 Å². The van der Waals surface area contributed by atoms with Gasteiger partial charge in [0.1, 0.15) is 0 Å². The van der Waals surface area contributed by atoms with Crippen LogP contribution < -0.4 is 5.32 Å². The molecule has 1 rings (SSSR count). The highest BCUT2D eigenvalue weighted by atomic mass is 19.2. The SMILES string of the molecule is CCC(C)NCc1ccc(F)c(F)c1. The van der Waals surface area contributed by atoms with Gasteiger partial charge in [0.05, 0.1) is 0 Å². The zero-order valence-electron chi connectivity index (χ0n) is 8.48. The second-order valence-electron chi connectivity index (χ2n) is 3.44. The van der Waals surface area contributed by atoms with Crippen molar-refractivity contribution in [3.05, 3.63) is 35.4 Å². The first-order valence-corrected chi connectivity index (χ1v) is 4.80. The number of benzene rings is 1. The maximum Gasteiger partial charge on any atom is 0.159 e. The van der Waals surface area contributed by atoms with E-state index in [-0.39, 0.29) is 0 Å². The van der Waals surface area contributed by atoms with Gasteiger partial charge in [0, 0.05) is 12.6 Å². The average Bonchev–Trinajstić information content (AvgIpc) is 2.19. The van der Waals surface area contributed by atoms with Crippen LogP contribution in [0.5, 0.6) is 0 Å². The number of rotatable bonds is 4. The predicted octanol–water partition coefficient (Wildman–Crippen LogP) is 2.85. The van der Waals surface area contributed by atoms with E-state index in [1.807, 2.05) is 0 Å². The van der Waals surface area contributed by atoms with Crippen LogP contribution in [-0.2, 0) is 6.54 Å². The van der Waals surface area contributed by atoms with Gasteiger partial charge in [0.15, 0.2) is 11.6 Å². The number of hydrogen-bond acceptors (Lipinski definition) is 1. The van der Waals surface area contributed by atoms with Crippen molar-refractivity contribution >= 4 is 0 Å². The molecule has 78 valence electrons. The molecule has 0 aromatic heterocycles. The summed E-state index contributed by atoms with van der Waals surface area (Å²) < 4.78 is 25.4. The summed E-state index contributed by atoms with van der Waals surface area (Å²) in [6, 6.07) is 4.37. The maximum absolute atomic E-state index is 12.8. The van der Waals surface area contributed by atoms with Crippen LogP contribution in [0.1, 0.15) is 25.8 Å². The summed E-state index contributed by atoms with van der Waals surface area (Å²) in [5.74, 6) is -1.58. The Labute approximate surface area is 83.1 Å². The summed E-state index contributed by atoms with van der Waals surface area (Å²) in [6.45, 7) is 4.70. The summed E-state index contributed by atoms with van der Waals surface area (Å²) in [4.78, 5) is 0. The summed E-state index contributed by atoms with van der Waals surface area (Å²) >= 11 is 0. The van der Waals surface area contributed by atoms with Crippen LogP contribution in [0.4, 0.5) is 8.78 Å². The standard InChI is InChI=1S/C11H15F2N/c1-3-8(2)14-7-9-4-5-10(12)11(13)6-9/h4-6,8,14H,3,7H2,1-2H3. The Morgan fingerprint density at radius 2 is 2.00 bits per heavy atom. The minimum atomic E-state index is -0.794. The number of halogens is 2. The molecular weight excluding hydrogens is 184 g/mol. The molecule has 0 saturated heterocycles. The molecule has 1 nitrogen and oxygen atoms in total. The first kappa shape index (κ1) is 11.1. The van der Waals surface area contributed by atoms with Crippen molar-refractivity contribution in [2.75, 3.05) is 0 Å². The van der Waals surface area contributed by atoms with Gasteiger partial charge in [-0.1, -0.05) is 13.0 Å². The van der Waals surface area contributed by atoms with E-state index in [0.717, 1.165) is 18.1 Å². The van der Waals surface area contributed by atoms with Gasteiger partial charge >= 0.3 is 0 Å². The van der Waals surface area contributed by atoms with Crippen LogP contribution in [0.3, 0.4) is 0 Å². The molecule has 0 amide bonds. The minimum absolute atomic E-state index is 0.392. The molecule has 0 aliphatic heterocycles. The summed E-state index contributed by atoms with van der Waals surface area (Å²) in [6.07, 6.45) is 1.02. The molecule has 0 spiro atoms. The summed E-state index contributed by atoms with van der Waals surface area (Å²) in [5.41, 5.74) is 0.768. The van der Waals surface area contributed by atoms with Crippen molar-refractivity contribution in [2.24, 2.45) is 0 Å². The van der Waals surface area contributed by atoms with E-state index < -0.39 is 11.6 Å². The van der Waals surface area contributed by atoms with Crippen molar-refractivity contribution in [2.45, 2.75) is 32.9 Å². The lowest BCUT2D eigenvalue weighted by Gasteiger charge is -2.10. The third kappa shape index (κ3) is 3.07. The lowest BCUT2D eigenvalue weighted by molar-refractivity contribution is 0.501. The minimum Gasteiger partial charge on any atom is -0.310 e. The Kier molecular flexibility index (Phi) is 4.01. The second kappa shape index (κ2) is 5.05. The van der Waals surface area contributed by atoms with Gasteiger partial charge in [-0.15, -0.1) is 0 Å². The van der Waals surface area contributed by atoms with Gasteiger partial charge in [0.2, 0.25) is 0 Å². The fourth-order valence-corrected chi connectivity index (χ4v) is 1.09. The molecule has 0 fully saturated rings. The van der Waals surface area contributed by atoms with E-state index in [0.29, 0.717) is 12.6 Å². The Morgan fingerprint density at radius 1 is 1.29 bits per heavy atom. The van der Waals surface area contributed by atoms with Gasteiger partial charge in [-0.25, -0.2) is 8.78 Å². The van der Waals surface area contributed by atoms with E-state index >= 15 is 0 Å². The van der Waals surface area contributed by atoms with Crippen molar-refractivity contribution in [1.29, 1.82) is 0 Å². The third-order valence-electron chi connectivity index (χ3n) is 2.25. The second-order valence-corrected chi connectivity index (χ2v) is 3.44. The van der Waals surface area contributed by atoms with Crippen LogP contribution in [0, 0.1) is 11.6 Å². The fraction of sp³-hybridized carbons (Fsp3) is 0.455. The predicted molar refractivity (Wildman–Crippen MR) is 53.0 cm³/mol. The van der Waals surface area contributed by atoms with E-state index in [1.54, 1.807) is 6.07 Å². The number of nitrogens with one attached hydrogen (secondary N) is 1. The van der Waals surface area contributed by atoms with Gasteiger partial charge in [-0.3, -0.25) is 0 Å². The molecule has 0 bridgehead atoms. The topological polar surface area (TPSA) is 12.0 Å². The highest BCUT2D eigenvalue weighted by molar-refractivity contribution is 5.17. The van der Waals surface area contributed by atoms with E-state index in [4.69, 9.17) is 0 Å². The van der Waals surface area contributed by atoms with Crippen molar-refractivity contribution in [3.8, 4) is 0 Å². The Bertz CT molecular complexity index is 299. The number of hydrogen-bond donors (Lipinski definition) is 1. The highest BCUT2D eigenvalue weighted by Crippen LogP contribution is 2.08. The average molecular weight is 199 g/mol. The highest BCUT2D eigenvalue weighted by Gasteiger charge is 2.03.